The van der Waals surface area contributed by atoms with E-state index in [4.69, 9.17) is 17.3 Å². The summed E-state index contributed by atoms with van der Waals surface area (Å²) in [7, 11) is -3.63. The van der Waals surface area contributed by atoms with Crippen LogP contribution >= 0.6 is 27.5 Å². The van der Waals surface area contributed by atoms with Gasteiger partial charge < -0.3 is 5.73 Å². The molecule has 0 amide bonds. The molecule has 1 fully saturated rings. The van der Waals surface area contributed by atoms with Gasteiger partial charge >= 0.3 is 0 Å². The molecule has 2 rings (SSSR count). The molecule has 1 aliphatic rings. The summed E-state index contributed by atoms with van der Waals surface area (Å²) in [4.78, 5) is 0.0900. The predicted molar refractivity (Wildman–Crippen MR) is 85.3 cm³/mol. The highest BCUT2D eigenvalue weighted by Gasteiger charge is 2.34. The number of halogens is 2. The Hall–Kier alpha value is -0.300. The topological polar surface area (TPSA) is 72.2 Å². The second kappa shape index (κ2) is 5.48. The average molecular weight is 382 g/mol. The van der Waals surface area contributed by atoms with Crippen molar-refractivity contribution in [1.82, 2.24) is 4.72 Å². The molecule has 0 aromatic heterocycles. The third-order valence-electron chi connectivity index (χ3n) is 3.61. The molecule has 1 aliphatic carbocycles. The van der Waals surface area contributed by atoms with Crippen LogP contribution in [0.15, 0.2) is 21.5 Å². The minimum absolute atomic E-state index is 0.0397. The van der Waals surface area contributed by atoms with Crippen LogP contribution in [0.2, 0.25) is 5.02 Å². The van der Waals surface area contributed by atoms with Crippen molar-refractivity contribution in [3.05, 3.63) is 21.6 Å². The van der Waals surface area contributed by atoms with Crippen molar-refractivity contribution in [3.63, 3.8) is 0 Å². The molecule has 20 heavy (non-hydrogen) atoms. The van der Waals surface area contributed by atoms with E-state index >= 15 is 0 Å². The van der Waals surface area contributed by atoms with Crippen LogP contribution < -0.4 is 10.5 Å². The lowest BCUT2D eigenvalue weighted by atomic mass is 9.92. The predicted octanol–water partition coefficient (Wildman–Crippen LogP) is 3.54. The van der Waals surface area contributed by atoms with Gasteiger partial charge in [-0.25, -0.2) is 13.1 Å². The quantitative estimate of drug-likeness (QED) is 0.787. The van der Waals surface area contributed by atoms with Crippen molar-refractivity contribution in [2.45, 2.75) is 44.0 Å². The zero-order chi connectivity index (χ0) is 15.1. The monoisotopic (exact) mass is 380 g/mol. The SMILES string of the molecule is CC1(C)CCC(NS(=O)(=O)c2cc(Cl)cc(N)c2Br)C1. The second-order valence-electron chi connectivity index (χ2n) is 6.03. The normalized spacial score (nSPS) is 22.1. The summed E-state index contributed by atoms with van der Waals surface area (Å²) in [5.41, 5.74) is 6.23. The third kappa shape index (κ3) is 3.47. The lowest BCUT2D eigenvalue weighted by Gasteiger charge is -2.18. The van der Waals surface area contributed by atoms with Crippen LogP contribution in [0.4, 0.5) is 5.69 Å². The van der Waals surface area contributed by atoms with Gasteiger partial charge in [0.1, 0.15) is 0 Å². The van der Waals surface area contributed by atoms with E-state index in [9.17, 15) is 8.42 Å². The molecule has 1 atom stereocenters. The lowest BCUT2D eigenvalue weighted by Crippen LogP contribution is -2.33. The van der Waals surface area contributed by atoms with Gasteiger partial charge in [-0.2, -0.15) is 0 Å². The van der Waals surface area contributed by atoms with E-state index < -0.39 is 10.0 Å². The first-order valence-electron chi connectivity index (χ1n) is 6.38. The molecular formula is C13H18BrClN2O2S. The number of rotatable bonds is 3. The average Bonchev–Trinajstić information content (AvgIpc) is 2.62. The van der Waals surface area contributed by atoms with Crippen LogP contribution in [-0.4, -0.2) is 14.5 Å². The number of hydrogen-bond donors (Lipinski definition) is 2. The van der Waals surface area contributed by atoms with E-state index in [0.29, 0.717) is 15.2 Å². The first-order chi connectivity index (χ1) is 9.11. The highest BCUT2D eigenvalue weighted by Crippen LogP contribution is 2.38. The van der Waals surface area contributed by atoms with E-state index in [1.54, 1.807) is 0 Å². The van der Waals surface area contributed by atoms with Crippen molar-refractivity contribution >= 4 is 43.2 Å². The molecule has 1 saturated carbocycles. The fourth-order valence-corrected chi connectivity index (χ4v) is 5.16. The maximum atomic E-state index is 12.5. The number of anilines is 1. The molecule has 1 unspecified atom stereocenters. The second-order valence-corrected chi connectivity index (χ2v) is 8.94. The molecule has 7 heteroatoms. The van der Waals surface area contributed by atoms with Crippen LogP contribution in [0, 0.1) is 5.41 Å². The van der Waals surface area contributed by atoms with Crippen LogP contribution in [0.3, 0.4) is 0 Å². The number of benzene rings is 1. The Kier molecular flexibility index (Phi) is 4.40. The zero-order valence-electron chi connectivity index (χ0n) is 11.4. The molecule has 0 radical (unpaired) electrons. The van der Waals surface area contributed by atoms with Gasteiger partial charge in [-0.15, -0.1) is 0 Å². The van der Waals surface area contributed by atoms with Gasteiger partial charge in [-0.05, 0) is 52.7 Å². The van der Waals surface area contributed by atoms with Gasteiger partial charge in [0, 0.05) is 16.8 Å². The number of nitrogen functional groups attached to an aromatic ring is 1. The van der Waals surface area contributed by atoms with Gasteiger partial charge in [0.2, 0.25) is 10.0 Å². The minimum Gasteiger partial charge on any atom is -0.398 e. The van der Waals surface area contributed by atoms with Crippen molar-refractivity contribution in [2.75, 3.05) is 5.73 Å². The Labute approximate surface area is 133 Å². The fraction of sp³-hybridized carbons (Fsp3) is 0.538. The van der Waals surface area contributed by atoms with Gasteiger partial charge in [-0.3, -0.25) is 0 Å². The lowest BCUT2D eigenvalue weighted by molar-refractivity contribution is 0.372. The summed E-state index contributed by atoms with van der Waals surface area (Å²) < 4.78 is 28.0. The number of nitrogens with two attached hydrogens (primary N) is 1. The van der Waals surface area contributed by atoms with Gasteiger partial charge in [0.25, 0.3) is 0 Å². The van der Waals surface area contributed by atoms with E-state index in [1.165, 1.54) is 12.1 Å². The minimum atomic E-state index is -3.63. The molecule has 0 heterocycles. The Morgan fingerprint density at radius 2 is 2.10 bits per heavy atom. The van der Waals surface area contributed by atoms with Crippen LogP contribution in [-0.2, 0) is 10.0 Å². The summed E-state index contributed by atoms with van der Waals surface area (Å²) in [5, 5.41) is 0.304. The Bertz CT molecular complexity index is 632. The van der Waals surface area contributed by atoms with Gasteiger partial charge in [0.15, 0.2) is 0 Å². The summed E-state index contributed by atoms with van der Waals surface area (Å²) in [5.74, 6) is 0. The smallest absolute Gasteiger partial charge is 0.242 e. The molecule has 1 aromatic rings. The van der Waals surface area contributed by atoms with Crippen molar-refractivity contribution < 1.29 is 8.42 Å². The summed E-state index contributed by atoms with van der Waals surface area (Å²) in [6.45, 7) is 4.29. The summed E-state index contributed by atoms with van der Waals surface area (Å²) >= 11 is 9.12. The maximum Gasteiger partial charge on any atom is 0.242 e. The van der Waals surface area contributed by atoms with Gasteiger partial charge in [-0.1, -0.05) is 25.4 Å². The molecule has 4 nitrogen and oxygen atoms in total. The number of sulfonamides is 1. The molecule has 0 aliphatic heterocycles. The molecule has 0 spiro atoms. The molecule has 3 N–H and O–H groups in total. The van der Waals surface area contributed by atoms with Crippen molar-refractivity contribution in [3.8, 4) is 0 Å². The first-order valence-corrected chi connectivity index (χ1v) is 9.03. The zero-order valence-corrected chi connectivity index (χ0v) is 14.6. The Morgan fingerprint density at radius 1 is 1.45 bits per heavy atom. The Balaban J connectivity index is 2.28. The fourth-order valence-electron chi connectivity index (χ4n) is 2.60. The summed E-state index contributed by atoms with van der Waals surface area (Å²) in [6, 6.07) is 2.88. The van der Waals surface area contributed by atoms with E-state index in [1.807, 2.05) is 0 Å². The highest BCUT2D eigenvalue weighted by atomic mass is 79.9. The van der Waals surface area contributed by atoms with Crippen molar-refractivity contribution in [1.29, 1.82) is 0 Å². The standard InChI is InChI=1S/C13H18BrClN2O2S/c1-13(2)4-3-9(7-13)17-20(18,19)11-6-8(15)5-10(16)12(11)14/h5-6,9,17H,3-4,7,16H2,1-2H3. The van der Waals surface area contributed by atoms with Crippen molar-refractivity contribution in [2.24, 2.45) is 5.41 Å². The maximum absolute atomic E-state index is 12.5. The largest absolute Gasteiger partial charge is 0.398 e. The van der Waals surface area contributed by atoms with E-state index in [2.05, 4.69) is 34.5 Å². The molecule has 1 aromatic carbocycles. The Morgan fingerprint density at radius 3 is 2.65 bits per heavy atom. The molecule has 112 valence electrons. The van der Waals surface area contributed by atoms with Crippen LogP contribution in [0.5, 0.6) is 0 Å². The molecular weight excluding hydrogens is 364 g/mol. The molecule has 0 saturated heterocycles. The highest BCUT2D eigenvalue weighted by molar-refractivity contribution is 9.10. The molecule has 0 bridgehead atoms. The van der Waals surface area contributed by atoms with E-state index in [0.717, 1.165) is 19.3 Å². The van der Waals surface area contributed by atoms with Crippen LogP contribution in [0.1, 0.15) is 33.1 Å². The first kappa shape index (κ1) is 16.1. The number of nitrogens with one attached hydrogen (secondary N) is 1. The van der Waals surface area contributed by atoms with E-state index in [-0.39, 0.29) is 16.4 Å². The van der Waals surface area contributed by atoms with Crippen LogP contribution in [0.25, 0.3) is 0 Å². The van der Waals surface area contributed by atoms with Gasteiger partial charge in [0.05, 0.1) is 9.37 Å². The third-order valence-corrected chi connectivity index (χ3v) is 6.52. The summed E-state index contributed by atoms with van der Waals surface area (Å²) in [6.07, 6.45) is 2.69. The number of hydrogen-bond acceptors (Lipinski definition) is 3.